The molecule has 26 heavy (non-hydrogen) atoms. The Bertz CT molecular complexity index is 706. The summed E-state index contributed by atoms with van der Waals surface area (Å²) in [7, 11) is 2.15. The molecule has 1 fully saturated rings. The molecule has 0 aliphatic carbocycles. The molecule has 7 heteroatoms. The highest BCUT2D eigenvalue weighted by molar-refractivity contribution is 5.91. The van der Waals surface area contributed by atoms with Crippen LogP contribution in [-0.2, 0) is 0 Å². The van der Waals surface area contributed by atoms with Crippen LogP contribution in [0.15, 0.2) is 36.5 Å². The van der Waals surface area contributed by atoms with Crippen molar-refractivity contribution in [3.8, 4) is 5.69 Å². The van der Waals surface area contributed by atoms with Crippen LogP contribution in [-0.4, -0.2) is 76.5 Å². The Balaban J connectivity index is 1.59. The third-order valence-electron chi connectivity index (χ3n) is 4.96. The van der Waals surface area contributed by atoms with Gasteiger partial charge in [-0.25, -0.2) is 0 Å². The summed E-state index contributed by atoms with van der Waals surface area (Å²) in [5.74, 6) is 0.297. The first kappa shape index (κ1) is 18.5. The monoisotopic (exact) mass is 356 g/mol. The number of aromatic nitrogens is 3. The average Bonchev–Trinajstić information content (AvgIpc) is 3.14. The zero-order valence-corrected chi connectivity index (χ0v) is 15.8. The summed E-state index contributed by atoms with van der Waals surface area (Å²) in [5.41, 5.74) is 1.18. The molecule has 140 valence electrons. The number of nitrogens with one attached hydrogen (secondary N) is 1. The number of amides is 1. The second-order valence-corrected chi connectivity index (χ2v) is 7.22. The molecule has 3 rings (SSSR count). The van der Waals surface area contributed by atoms with Crippen molar-refractivity contribution >= 4 is 5.91 Å². The Labute approximate surface area is 155 Å². The van der Waals surface area contributed by atoms with E-state index in [4.69, 9.17) is 0 Å². The highest BCUT2D eigenvalue weighted by Crippen LogP contribution is 2.13. The van der Waals surface area contributed by atoms with E-state index in [1.54, 1.807) is 0 Å². The van der Waals surface area contributed by atoms with Crippen LogP contribution in [0.4, 0.5) is 0 Å². The topological polar surface area (TPSA) is 66.3 Å². The van der Waals surface area contributed by atoms with E-state index in [9.17, 15) is 4.79 Å². The number of carbonyl (C=O) groups excluding carboxylic acids is 1. The molecule has 0 saturated carbocycles. The van der Waals surface area contributed by atoms with Gasteiger partial charge < -0.3 is 10.2 Å². The second kappa shape index (κ2) is 8.42. The van der Waals surface area contributed by atoms with Crippen LogP contribution in [0.2, 0.25) is 0 Å². The summed E-state index contributed by atoms with van der Waals surface area (Å²) in [4.78, 5) is 18.8. The number of rotatable bonds is 6. The number of piperazine rings is 1. The predicted octanol–water partition coefficient (Wildman–Crippen LogP) is 1.27. The molecule has 1 aliphatic rings. The highest BCUT2D eigenvalue weighted by Gasteiger charge is 2.25. The maximum Gasteiger partial charge on any atom is 0.273 e. The molecule has 7 nitrogen and oxygen atoms in total. The van der Waals surface area contributed by atoms with E-state index in [0.29, 0.717) is 24.2 Å². The van der Waals surface area contributed by atoms with Crippen molar-refractivity contribution in [2.45, 2.75) is 19.9 Å². The van der Waals surface area contributed by atoms with Gasteiger partial charge >= 0.3 is 0 Å². The molecule has 1 N–H and O–H groups in total. The number of nitrogens with zero attached hydrogens (tertiary/aromatic N) is 5. The fraction of sp³-hybridized carbons (Fsp3) is 0.526. The standard InChI is InChI=1S/C19H28N6O/c1-15(2)18(24-11-9-23(3)10-12-24)14-20-19(26)17-13-21-25(22-17)16-7-5-4-6-8-16/h4-8,13,15,18H,9-12,14H2,1-3H3,(H,20,26). The number of hydrogen-bond donors (Lipinski definition) is 1. The first-order valence-corrected chi connectivity index (χ1v) is 9.23. The number of hydrogen-bond acceptors (Lipinski definition) is 5. The number of benzene rings is 1. The number of carbonyl (C=O) groups is 1. The van der Waals surface area contributed by atoms with Gasteiger partial charge in [0.15, 0.2) is 5.69 Å². The van der Waals surface area contributed by atoms with Crippen LogP contribution < -0.4 is 5.32 Å². The molecule has 2 heterocycles. The molecule has 0 spiro atoms. The molecule has 0 bridgehead atoms. The Morgan fingerprint density at radius 1 is 1.15 bits per heavy atom. The largest absolute Gasteiger partial charge is 0.349 e. The lowest BCUT2D eigenvalue weighted by Crippen LogP contribution is -2.54. The van der Waals surface area contributed by atoms with E-state index in [1.807, 2.05) is 30.3 Å². The zero-order chi connectivity index (χ0) is 18.5. The van der Waals surface area contributed by atoms with Crippen LogP contribution in [0.25, 0.3) is 5.69 Å². The van der Waals surface area contributed by atoms with Gasteiger partial charge in [-0.2, -0.15) is 9.90 Å². The minimum absolute atomic E-state index is 0.174. The van der Waals surface area contributed by atoms with Gasteiger partial charge in [0.2, 0.25) is 0 Å². The fourth-order valence-corrected chi connectivity index (χ4v) is 3.28. The molecule has 1 saturated heterocycles. The third kappa shape index (κ3) is 4.47. The Kier molecular flexibility index (Phi) is 6.00. The number of likely N-dealkylation sites (N-methyl/N-ethyl adjacent to an activating group) is 1. The van der Waals surface area contributed by atoms with Crippen molar-refractivity contribution in [3.05, 3.63) is 42.2 Å². The molecule has 1 unspecified atom stereocenters. The SMILES string of the molecule is CC(C)C(CNC(=O)c1cnn(-c2ccccc2)n1)N1CCN(C)CC1. The van der Waals surface area contributed by atoms with Crippen LogP contribution in [0.3, 0.4) is 0 Å². The van der Waals surface area contributed by atoms with E-state index in [2.05, 4.69) is 46.2 Å². The number of para-hydroxylation sites is 1. The smallest absolute Gasteiger partial charge is 0.273 e. The first-order valence-electron chi connectivity index (χ1n) is 9.23. The summed E-state index contributed by atoms with van der Waals surface area (Å²) in [5, 5.41) is 11.5. The van der Waals surface area contributed by atoms with Crippen molar-refractivity contribution in [1.29, 1.82) is 0 Å². The molecule has 1 aromatic carbocycles. The van der Waals surface area contributed by atoms with E-state index in [1.165, 1.54) is 11.0 Å². The molecule has 1 aromatic heterocycles. The summed E-state index contributed by atoms with van der Waals surface area (Å²) < 4.78 is 0. The van der Waals surface area contributed by atoms with Gasteiger partial charge in [-0.1, -0.05) is 32.0 Å². The lowest BCUT2D eigenvalue weighted by atomic mass is 10.0. The van der Waals surface area contributed by atoms with Crippen LogP contribution in [0.1, 0.15) is 24.3 Å². The molecule has 1 atom stereocenters. The Morgan fingerprint density at radius 3 is 2.50 bits per heavy atom. The molecule has 0 radical (unpaired) electrons. The summed E-state index contributed by atoms with van der Waals surface area (Å²) in [6, 6.07) is 9.92. The van der Waals surface area contributed by atoms with E-state index >= 15 is 0 Å². The summed E-state index contributed by atoms with van der Waals surface area (Å²) >= 11 is 0. The van der Waals surface area contributed by atoms with Crippen LogP contribution >= 0.6 is 0 Å². The van der Waals surface area contributed by atoms with Gasteiger partial charge in [0.1, 0.15) is 0 Å². The van der Waals surface area contributed by atoms with Crippen LogP contribution in [0, 0.1) is 5.92 Å². The molecule has 2 aromatic rings. The third-order valence-corrected chi connectivity index (χ3v) is 4.96. The van der Waals surface area contributed by atoms with Crippen molar-refractivity contribution in [2.75, 3.05) is 39.8 Å². The average molecular weight is 356 g/mol. The maximum absolute atomic E-state index is 12.5. The molecular weight excluding hydrogens is 328 g/mol. The van der Waals surface area contributed by atoms with Gasteiger partial charge in [-0.3, -0.25) is 9.69 Å². The van der Waals surface area contributed by atoms with Gasteiger partial charge in [0, 0.05) is 38.8 Å². The van der Waals surface area contributed by atoms with E-state index in [-0.39, 0.29) is 5.91 Å². The van der Waals surface area contributed by atoms with E-state index in [0.717, 1.165) is 31.9 Å². The van der Waals surface area contributed by atoms with Crippen molar-refractivity contribution in [1.82, 2.24) is 30.1 Å². The van der Waals surface area contributed by atoms with Gasteiger partial charge in [-0.05, 0) is 25.1 Å². The Hall–Kier alpha value is -2.25. The second-order valence-electron chi connectivity index (χ2n) is 7.22. The zero-order valence-electron chi connectivity index (χ0n) is 15.8. The molecular formula is C19H28N6O. The van der Waals surface area contributed by atoms with Gasteiger partial charge in [-0.15, -0.1) is 5.10 Å². The maximum atomic E-state index is 12.5. The van der Waals surface area contributed by atoms with Crippen molar-refractivity contribution in [2.24, 2.45) is 5.92 Å². The summed E-state index contributed by atoms with van der Waals surface area (Å²) in [6.07, 6.45) is 1.52. The lowest BCUT2D eigenvalue weighted by molar-refractivity contribution is 0.0788. The van der Waals surface area contributed by atoms with E-state index < -0.39 is 0 Å². The predicted molar refractivity (Wildman–Crippen MR) is 101 cm³/mol. The normalized spacial score (nSPS) is 17.4. The van der Waals surface area contributed by atoms with Crippen LogP contribution in [0.5, 0.6) is 0 Å². The fourth-order valence-electron chi connectivity index (χ4n) is 3.28. The first-order chi connectivity index (χ1) is 12.5. The quantitative estimate of drug-likeness (QED) is 0.844. The molecule has 1 aliphatic heterocycles. The van der Waals surface area contributed by atoms with Crippen molar-refractivity contribution in [3.63, 3.8) is 0 Å². The van der Waals surface area contributed by atoms with Crippen molar-refractivity contribution < 1.29 is 4.79 Å². The molecule has 1 amide bonds. The van der Waals surface area contributed by atoms with Gasteiger partial charge in [0.25, 0.3) is 5.91 Å². The van der Waals surface area contributed by atoms with Gasteiger partial charge in [0.05, 0.1) is 11.9 Å². The lowest BCUT2D eigenvalue weighted by Gasteiger charge is -2.39. The Morgan fingerprint density at radius 2 is 1.85 bits per heavy atom. The minimum Gasteiger partial charge on any atom is -0.349 e. The summed E-state index contributed by atoms with van der Waals surface area (Å²) in [6.45, 7) is 9.27. The minimum atomic E-state index is -0.174. The highest BCUT2D eigenvalue weighted by atomic mass is 16.2.